The molecule has 4 heteroatoms. The summed E-state index contributed by atoms with van der Waals surface area (Å²) in [6.07, 6.45) is 7.58. The number of hydrogen-bond donors (Lipinski definition) is 0. The number of nitrogens with zero attached hydrogens (tertiary/aromatic N) is 2. The van der Waals surface area contributed by atoms with Gasteiger partial charge in [-0.25, -0.2) is 4.98 Å². The zero-order valence-corrected chi connectivity index (χ0v) is 15.4. The molecule has 6 atom stereocenters. The minimum absolute atomic E-state index is 0.118. The van der Waals surface area contributed by atoms with Gasteiger partial charge in [0.15, 0.2) is 0 Å². The second kappa shape index (κ2) is 5.53. The van der Waals surface area contributed by atoms with E-state index in [1.807, 2.05) is 23.6 Å². The van der Waals surface area contributed by atoms with E-state index in [4.69, 9.17) is 0 Å². The first-order valence-electron chi connectivity index (χ1n) is 9.75. The second-order valence-electron chi connectivity index (χ2n) is 8.43. The summed E-state index contributed by atoms with van der Waals surface area (Å²) in [5.74, 6) is 4.86. The fourth-order valence-electron chi connectivity index (χ4n) is 6.00. The van der Waals surface area contributed by atoms with Crippen molar-refractivity contribution < 1.29 is 4.79 Å². The Hall–Kier alpha value is -1.94. The highest BCUT2D eigenvalue weighted by Gasteiger charge is 2.60. The van der Waals surface area contributed by atoms with Gasteiger partial charge in [-0.3, -0.25) is 4.79 Å². The molecule has 2 bridgehead atoms. The van der Waals surface area contributed by atoms with E-state index in [-0.39, 0.29) is 5.91 Å². The number of rotatable bonds is 2. The Morgan fingerprint density at radius 3 is 2.88 bits per heavy atom. The minimum Gasteiger partial charge on any atom is -0.337 e. The number of carbonyl (C=O) groups is 1. The van der Waals surface area contributed by atoms with Crippen molar-refractivity contribution in [3.63, 3.8) is 0 Å². The number of thiophene rings is 1. The molecular formula is C22H22N2OS. The van der Waals surface area contributed by atoms with Crippen molar-refractivity contribution in [3.8, 4) is 11.3 Å². The molecule has 4 aliphatic carbocycles. The van der Waals surface area contributed by atoms with Gasteiger partial charge in [0.05, 0.1) is 5.69 Å². The number of pyridine rings is 1. The van der Waals surface area contributed by atoms with E-state index in [2.05, 4.69) is 33.5 Å². The van der Waals surface area contributed by atoms with E-state index in [0.29, 0.717) is 23.4 Å². The van der Waals surface area contributed by atoms with Crippen molar-refractivity contribution in [2.75, 3.05) is 13.1 Å². The normalized spacial score (nSPS) is 36.5. The highest BCUT2D eigenvalue weighted by molar-refractivity contribution is 7.08. The summed E-state index contributed by atoms with van der Waals surface area (Å²) in [7, 11) is 0. The third-order valence-electron chi connectivity index (χ3n) is 7.23. The molecule has 6 unspecified atom stereocenters. The molecule has 3 fully saturated rings. The number of allylic oxidation sites excluding steroid dienone is 2. The first-order chi connectivity index (χ1) is 12.8. The standard InChI is InChI=1S/C22H22N2OS/c25-22(21-6-2-5-20(23-21)13-7-8-26-12-13)24-10-18-14-3-1-4-15(19(18)11-24)17-9-16(14)17/h1-3,5-8,12,14-19H,4,9-11H2. The maximum Gasteiger partial charge on any atom is 0.272 e. The van der Waals surface area contributed by atoms with Crippen LogP contribution in [0.15, 0.2) is 47.2 Å². The lowest BCUT2D eigenvalue weighted by molar-refractivity contribution is 0.0774. The number of likely N-dealkylation sites (tertiary alicyclic amines) is 1. The predicted octanol–water partition coefficient (Wildman–Crippen LogP) is 4.34. The molecule has 132 valence electrons. The highest BCUT2D eigenvalue weighted by atomic mass is 32.1. The van der Waals surface area contributed by atoms with E-state index in [1.54, 1.807) is 11.3 Å². The van der Waals surface area contributed by atoms with Crippen LogP contribution in [0.3, 0.4) is 0 Å². The Morgan fingerprint density at radius 2 is 2.00 bits per heavy atom. The van der Waals surface area contributed by atoms with E-state index in [0.717, 1.165) is 42.1 Å². The third-order valence-corrected chi connectivity index (χ3v) is 7.91. The summed E-state index contributed by atoms with van der Waals surface area (Å²) in [5, 5.41) is 4.13. The van der Waals surface area contributed by atoms with Crippen molar-refractivity contribution >= 4 is 17.2 Å². The van der Waals surface area contributed by atoms with Gasteiger partial charge in [0.25, 0.3) is 5.91 Å². The minimum atomic E-state index is 0.118. The Balaban J connectivity index is 1.27. The molecule has 0 aromatic carbocycles. The summed E-state index contributed by atoms with van der Waals surface area (Å²) in [6.45, 7) is 1.85. The van der Waals surface area contributed by atoms with E-state index in [9.17, 15) is 4.79 Å². The van der Waals surface area contributed by atoms with Gasteiger partial charge in [0.1, 0.15) is 5.69 Å². The predicted molar refractivity (Wildman–Crippen MR) is 103 cm³/mol. The lowest BCUT2D eigenvalue weighted by atomic mass is 9.69. The van der Waals surface area contributed by atoms with Crippen LogP contribution in [0.5, 0.6) is 0 Å². The molecule has 3 heterocycles. The number of fused-ring (bicyclic) bond motifs is 1. The molecule has 0 spiro atoms. The molecule has 3 nitrogen and oxygen atoms in total. The number of carbonyl (C=O) groups excluding carboxylic acids is 1. The smallest absolute Gasteiger partial charge is 0.272 e. The molecule has 5 aliphatic rings. The fourth-order valence-corrected chi connectivity index (χ4v) is 6.65. The van der Waals surface area contributed by atoms with Crippen molar-refractivity contribution in [3.05, 3.63) is 52.9 Å². The van der Waals surface area contributed by atoms with Crippen LogP contribution in [-0.4, -0.2) is 28.9 Å². The average molecular weight is 362 g/mol. The first kappa shape index (κ1) is 15.2. The summed E-state index contributed by atoms with van der Waals surface area (Å²) >= 11 is 1.66. The lowest BCUT2D eigenvalue weighted by Crippen LogP contribution is -2.33. The fraction of sp³-hybridized carbons (Fsp3) is 0.455. The molecule has 1 amide bonds. The van der Waals surface area contributed by atoms with Gasteiger partial charge < -0.3 is 4.90 Å². The van der Waals surface area contributed by atoms with Crippen LogP contribution >= 0.6 is 11.3 Å². The molecule has 1 saturated heterocycles. The van der Waals surface area contributed by atoms with Gasteiger partial charge in [0, 0.05) is 24.0 Å². The zero-order chi connectivity index (χ0) is 17.3. The van der Waals surface area contributed by atoms with Gasteiger partial charge in [-0.1, -0.05) is 18.2 Å². The average Bonchev–Trinajstić information content (AvgIpc) is 3.15. The Bertz CT molecular complexity index is 889. The topological polar surface area (TPSA) is 33.2 Å². The number of hydrogen-bond acceptors (Lipinski definition) is 3. The van der Waals surface area contributed by atoms with Gasteiger partial charge in [-0.15, -0.1) is 0 Å². The molecule has 26 heavy (non-hydrogen) atoms. The van der Waals surface area contributed by atoms with Crippen LogP contribution in [0.25, 0.3) is 11.3 Å². The highest BCUT2D eigenvalue weighted by Crippen LogP contribution is 2.64. The van der Waals surface area contributed by atoms with Crippen LogP contribution in [-0.2, 0) is 0 Å². The Morgan fingerprint density at radius 1 is 1.08 bits per heavy atom. The van der Waals surface area contributed by atoms with Crippen molar-refractivity contribution in [1.29, 1.82) is 0 Å². The maximum absolute atomic E-state index is 13.2. The lowest BCUT2D eigenvalue weighted by Gasteiger charge is -2.34. The van der Waals surface area contributed by atoms with Crippen LogP contribution in [0.1, 0.15) is 23.3 Å². The van der Waals surface area contributed by atoms with E-state index < -0.39 is 0 Å². The van der Waals surface area contributed by atoms with Gasteiger partial charge in [-0.05, 0) is 71.9 Å². The quantitative estimate of drug-likeness (QED) is 0.745. The maximum atomic E-state index is 13.2. The molecule has 2 aromatic rings. The third kappa shape index (κ3) is 2.18. The molecule has 0 radical (unpaired) electrons. The van der Waals surface area contributed by atoms with E-state index in [1.165, 1.54) is 12.8 Å². The summed E-state index contributed by atoms with van der Waals surface area (Å²) in [5.41, 5.74) is 2.59. The van der Waals surface area contributed by atoms with Crippen molar-refractivity contribution in [2.24, 2.45) is 35.5 Å². The van der Waals surface area contributed by atoms with Gasteiger partial charge >= 0.3 is 0 Å². The number of amides is 1. The van der Waals surface area contributed by atoms with E-state index >= 15 is 0 Å². The van der Waals surface area contributed by atoms with Crippen molar-refractivity contribution in [2.45, 2.75) is 12.8 Å². The summed E-state index contributed by atoms with van der Waals surface area (Å²) < 4.78 is 0. The van der Waals surface area contributed by atoms with Crippen molar-refractivity contribution in [1.82, 2.24) is 9.88 Å². The monoisotopic (exact) mass is 362 g/mol. The summed E-state index contributed by atoms with van der Waals surface area (Å²) in [6, 6.07) is 7.89. The second-order valence-corrected chi connectivity index (χ2v) is 9.21. The molecule has 2 saturated carbocycles. The van der Waals surface area contributed by atoms with Crippen LogP contribution in [0, 0.1) is 35.5 Å². The first-order valence-corrected chi connectivity index (χ1v) is 10.7. The molecular weight excluding hydrogens is 340 g/mol. The van der Waals surface area contributed by atoms with Gasteiger partial charge in [0.2, 0.25) is 0 Å². The van der Waals surface area contributed by atoms with Crippen LogP contribution in [0.2, 0.25) is 0 Å². The molecule has 7 rings (SSSR count). The zero-order valence-electron chi connectivity index (χ0n) is 14.6. The molecule has 0 N–H and O–H groups in total. The van der Waals surface area contributed by atoms with Crippen LogP contribution in [0.4, 0.5) is 0 Å². The van der Waals surface area contributed by atoms with Crippen LogP contribution < -0.4 is 0 Å². The Labute approximate surface area is 157 Å². The number of aromatic nitrogens is 1. The van der Waals surface area contributed by atoms with Gasteiger partial charge in [-0.2, -0.15) is 11.3 Å². The molecule has 1 aliphatic heterocycles. The molecule has 2 aromatic heterocycles. The SMILES string of the molecule is O=C(c1cccc(-c2ccsc2)n1)N1CC2C3C=CCC(C4CC34)C2C1. The Kier molecular flexibility index (Phi) is 3.22. The largest absolute Gasteiger partial charge is 0.337 e. The summed E-state index contributed by atoms with van der Waals surface area (Å²) in [4.78, 5) is 19.9.